The van der Waals surface area contributed by atoms with E-state index in [0.29, 0.717) is 6.54 Å². The Labute approximate surface area is 122 Å². The monoisotopic (exact) mass is 329 g/mol. The van der Waals surface area contributed by atoms with Crippen LogP contribution >= 0.6 is 15.9 Å². The lowest BCUT2D eigenvalue weighted by Gasteiger charge is -2.22. The number of hydrogen-bond donors (Lipinski definition) is 1. The van der Waals surface area contributed by atoms with Crippen LogP contribution in [0, 0.1) is 18.2 Å². The molecule has 1 aromatic rings. The highest BCUT2D eigenvalue weighted by atomic mass is 79.9. The Morgan fingerprint density at radius 3 is 2.58 bits per heavy atom. The molecule has 0 aliphatic rings. The number of benzene rings is 1. The molecule has 1 rings (SSSR count). The Morgan fingerprint density at radius 2 is 2.05 bits per heavy atom. The van der Waals surface area contributed by atoms with Crippen molar-refractivity contribution in [2.75, 3.05) is 6.54 Å². The maximum atomic E-state index is 13.6. The molecule has 1 unspecified atom stereocenters. The zero-order chi connectivity index (χ0) is 14.6. The van der Waals surface area contributed by atoms with Gasteiger partial charge in [0.05, 0.1) is 5.56 Å². The molecule has 0 fully saturated rings. The van der Waals surface area contributed by atoms with Crippen LogP contribution in [0.3, 0.4) is 0 Å². The Bertz CT molecular complexity index is 454. The van der Waals surface area contributed by atoms with Crippen molar-refractivity contribution >= 4 is 21.8 Å². The van der Waals surface area contributed by atoms with Crippen LogP contribution in [-0.4, -0.2) is 17.3 Å². The molecule has 0 bridgehead atoms. The van der Waals surface area contributed by atoms with Gasteiger partial charge in [-0.15, -0.1) is 0 Å². The van der Waals surface area contributed by atoms with Crippen molar-refractivity contribution in [1.82, 2.24) is 5.32 Å². The molecule has 1 atom stereocenters. The van der Waals surface area contributed by atoms with Crippen molar-refractivity contribution in [2.24, 2.45) is 5.41 Å². The standard InChI is InChI=1S/C15H21BrFNO/c1-10-5-6-12(13(17)7-10)14(19)18-9-11(16)8-15(2,3)4/h5-7,11H,8-9H2,1-4H3,(H,18,19). The molecule has 0 aromatic heterocycles. The van der Waals surface area contributed by atoms with E-state index >= 15 is 0 Å². The lowest BCUT2D eigenvalue weighted by Crippen LogP contribution is -2.31. The summed E-state index contributed by atoms with van der Waals surface area (Å²) in [5.74, 6) is -0.838. The molecule has 4 heteroatoms. The van der Waals surface area contributed by atoms with Gasteiger partial charge in [0.25, 0.3) is 5.91 Å². The largest absolute Gasteiger partial charge is 0.351 e. The fraction of sp³-hybridized carbons (Fsp3) is 0.533. The third kappa shape index (κ3) is 5.72. The van der Waals surface area contributed by atoms with E-state index in [1.165, 1.54) is 12.1 Å². The Hall–Kier alpha value is -0.900. The predicted octanol–water partition coefficient (Wildman–Crippen LogP) is 4.06. The zero-order valence-electron chi connectivity index (χ0n) is 11.9. The Balaban J connectivity index is 2.56. The van der Waals surface area contributed by atoms with E-state index < -0.39 is 5.82 Å². The number of aryl methyl sites for hydroxylation is 1. The summed E-state index contributed by atoms with van der Waals surface area (Å²) in [6.07, 6.45) is 0.934. The number of alkyl halides is 1. The molecule has 1 amide bonds. The minimum absolute atomic E-state index is 0.0982. The highest BCUT2D eigenvalue weighted by Gasteiger charge is 2.18. The minimum Gasteiger partial charge on any atom is -0.351 e. The molecular formula is C15H21BrFNO. The lowest BCUT2D eigenvalue weighted by atomic mass is 9.90. The average Bonchev–Trinajstić information content (AvgIpc) is 2.23. The fourth-order valence-electron chi connectivity index (χ4n) is 1.84. The van der Waals surface area contributed by atoms with Gasteiger partial charge in [0.2, 0.25) is 0 Å². The van der Waals surface area contributed by atoms with Crippen molar-refractivity contribution in [3.05, 3.63) is 35.1 Å². The summed E-state index contributed by atoms with van der Waals surface area (Å²) in [7, 11) is 0. The van der Waals surface area contributed by atoms with Gasteiger partial charge in [-0.05, 0) is 36.5 Å². The van der Waals surface area contributed by atoms with Crippen molar-refractivity contribution in [3.63, 3.8) is 0 Å². The van der Waals surface area contributed by atoms with Crippen LogP contribution in [-0.2, 0) is 0 Å². The molecule has 0 spiro atoms. The summed E-state index contributed by atoms with van der Waals surface area (Å²) in [6.45, 7) is 8.71. The number of nitrogens with one attached hydrogen (secondary N) is 1. The number of carbonyl (C=O) groups is 1. The van der Waals surface area contributed by atoms with E-state index in [1.54, 1.807) is 13.0 Å². The van der Waals surface area contributed by atoms with Crippen LogP contribution < -0.4 is 5.32 Å². The summed E-state index contributed by atoms with van der Waals surface area (Å²) >= 11 is 3.54. The van der Waals surface area contributed by atoms with E-state index in [4.69, 9.17) is 0 Å². The van der Waals surface area contributed by atoms with Gasteiger partial charge in [0.1, 0.15) is 5.82 Å². The number of hydrogen-bond acceptors (Lipinski definition) is 1. The smallest absolute Gasteiger partial charge is 0.254 e. The van der Waals surface area contributed by atoms with Gasteiger partial charge < -0.3 is 5.32 Å². The molecule has 0 radical (unpaired) electrons. The third-order valence-electron chi connectivity index (χ3n) is 2.69. The van der Waals surface area contributed by atoms with E-state index in [1.807, 2.05) is 0 Å². The maximum absolute atomic E-state index is 13.6. The quantitative estimate of drug-likeness (QED) is 0.829. The Morgan fingerprint density at radius 1 is 1.42 bits per heavy atom. The SMILES string of the molecule is Cc1ccc(C(=O)NCC(Br)CC(C)(C)C)c(F)c1. The van der Waals surface area contributed by atoms with Crippen LogP contribution in [0.4, 0.5) is 4.39 Å². The topological polar surface area (TPSA) is 29.1 Å². The molecule has 0 aliphatic carbocycles. The second-order valence-corrected chi connectivity index (χ2v) is 7.35. The highest BCUT2D eigenvalue weighted by Crippen LogP contribution is 2.24. The zero-order valence-corrected chi connectivity index (χ0v) is 13.5. The van der Waals surface area contributed by atoms with Gasteiger partial charge in [-0.2, -0.15) is 0 Å². The van der Waals surface area contributed by atoms with E-state index in [9.17, 15) is 9.18 Å². The van der Waals surface area contributed by atoms with Crippen LogP contribution in [0.1, 0.15) is 43.1 Å². The number of rotatable bonds is 4. The molecular weight excluding hydrogens is 309 g/mol. The van der Waals surface area contributed by atoms with Crippen molar-refractivity contribution in [1.29, 1.82) is 0 Å². The highest BCUT2D eigenvalue weighted by molar-refractivity contribution is 9.09. The molecule has 0 aliphatic heterocycles. The second-order valence-electron chi connectivity index (χ2n) is 6.06. The first-order valence-electron chi connectivity index (χ1n) is 6.37. The van der Waals surface area contributed by atoms with Gasteiger partial charge in [0, 0.05) is 11.4 Å². The van der Waals surface area contributed by atoms with E-state index in [0.717, 1.165) is 12.0 Å². The first-order chi connectivity index (χ1) is 8.69. The van der Waals surface area contributed by atoms with Crippen molar-refractivity contribution < 1.29 is 9.18 Å². The van der Waals surface area contributed by atoms with Crippen LogP contribution in [0.15, 0.2) is 18.2 Å². The summed E-state index contributed by atoms with van der Waals surface area (Å²) in [5.41, 5.74) is 1.09. The van der Waals surface area contributed by atoms with Gasteiger partial charge in [-0.1, -0.05) is 42.8 Å². The van der Waals surface area contributed by atoms with Crippen LogP contribution in [0.2, 0.25) is 0 Å². The van der Waals surface area contributed by atoms with Crippen LogP contribution in [0.25, 0.3) is 0 Å². The van der Waals surface area contributed by atoms with Crippen molar-refractivity contribution in [2.45, 2.75) is 38.9 Å². The molecule has 0 saturated carbocycles. The number of carbonyl (C=O) groups excluding carboxylic acids is 1. The molecule has 1 aromatic carbocycles. The molecule has 1 N–H and O–H groups in total. The van der Waals surface area contributed by atoms with Crippen molar-refractivity contribution in [3.8, 4) is 0 Å². The number of amides is 1. The maximum Gasteiger partial charge on any atom is 0.254 e. The summed E-state index contributed by atoms with van der Waals surface area (Å²) < 4.78 is 13.6. The molecule has 106 valence electrons. The van der Waals surface area contributed by atoms with Gasteiger partial charge >= 0.3 is 0 Å². The summed E-state index contributed by atoms with van der Waals surface area (Å²) in [6, 6.07) is 4.63. The first-order valence-corrected chi connectivity index (χ1v) is 7.29. The van der Waals surface area contributed by atoms with Gasteiger partial charge in [-0.3, -0.25) is 4.79 Å². The average molecular weight is 330 g/mol. The van der Waals surface area contributed by atoms with E-state index in [-0.39, 0.29) is 21.7 Å². The molecule has 0 saturated heterocycles. The lowest BCUT2D eigenvalue weighted by molar-refractivity contribution is 0.0948. The van der Waals surface area contributed by atoms with Crippen LogP contribution in [0.5, 0.6) is 0 Å². The second kappa shape index (κ2) is 6.51. The molecule has 2 nitrogen and oxygen atoms in total. The van der Waals surface area contributed by atoms with E-state index in [2.05, 4.69) is 42.0 Å². The summed E-state index contributed by atoms with van der Waals surface area (Å²) in [4.78, 5) is 12.1. The predicted molar refractivity (Wildman–Crippen MR) is 80.3 cm³/mol. The van der Waals surface area contributed by atoms with Gasteiger partial charge in [0.15, 0.2) is 0 Å². The molecule has 19 heavy (non-hydrogen) atoms. The normalized spacial score (nSPS) is 13.2. The Kier molecular flexibility index (Phi) is 5.53. The third-order valence-corrected chi connectivity index (χ3v) is 3.33. The van der Waals surface area contributed by atoms with Gasteiger partial charge in [-0.25, -0.2) is 4.39 Å². The summed E-state index contributed by atoms with van der Waals surface area (Å²) in [5, 5.41) is 2.76. The fourth-order valence-corrected chi connectivity index (χ4v) is 2.97. The minimum atomic E-state index is -0.473. The number of halogens is 2. The molecule has 0 heterocycles. The first kappa shape index (κ1) is 16.2.